The van der Waals surface area contributed by atoms with Gasteiger partial charge < -0.3 is 10.8 Å². The van der Waals surface area contributed by atoms with Crippen molar-refractivity contribution in [1.82, 2.24) is 0 Å². The van der Waals surface area contributed by atoms with Gasteiger partial charge in [-0.1, -0.05) is 45.4 Å². The first-order chi connectivity index (χ1) is 7.22. The molecule has 0 aromatic heterocycles. The highest BCUT2D eigenvalue weighted by molar-refractivity contribution is 5.83. The first kappa shape index (κ1) is 14.6. The molecule has 0 unspecified atom stereocenters. The van der Waals surface area contributed by atoms with Crippen LogP contribution in [0.5, 0.6) is 0 Å². The van der Waals surface area contributed by atoms with E-state index in [-0.39, 0.29) is 12.4 Å². The Morgan fingerprint density at radius 3 is 2.20 bits per heavy atom. The molecule has 1 atom stereocenters. The van der Waals surface area contributed by atoms with Crippen LogP contribution in [-0.4, -0.2) is 23.5 Å². The Kier molecular flexibility index (Phi) is 9.84. The van der Waals surface area contributed by atoms with Crippen molar-refractivity contribution in [3.05, 3.63) is 0 Å². The van der Waals surface area contributed by atoms with Crippen LogP contribution in [0.3, 0.4) is 0 Å². The van der Waals surface area contributed by atoms with E-state index in [1.807, 2.05) is 0 Å². The number of Topliss-reactive ketones (excluding diaryl/α,β-unsaturated/α-hetero) is 1. The van der Waals surface area contributed by atoms with Crippen LogP contribution in [0.2, 0.25) is 0 Å². The smallest absolute Gasteiger partial charge is 0.151 e. The third-order valence-corrected chi connectivity index (χ3v) is 2.64. The standard InChI is InChI=1S/C12H25NO2/c1-2-3-4-5-6-7-8-9-12(15)11(13)10-14/h11,14H,2-10,13H2,1H3/t11-/m0/s1. The van der Waals surface area contributed by atoms with Crippen molar-refractivity contribution in [2.45, 2.75) is 64.3 Å². The van der Waals surface area contributed by atoms with Crippen molar-refractivity contribution in [2.75, 3.05) is 6.61 Å². The molecular formula is C12H25NO2. The largest absolute Gasteiger partial charge is 0.394 e. The van der Waals surface area contributed by atoms with Gasteiger partial charge in [0, 0.05) is 6.42 Å². The summed E-state index contributed by atoms with van der Waals surface area (Å²) >= 11 is 0. The van der Waals surface area contributed by atoms with E-state index in [0.717, 1.165) is 12.8 Å². The molecule has 90 valence electrons. The van der Waals surface area contributed by atoms with Crippen LogP contribution in [0.4, 0.5) is 0 Å². The molecule has 0 aromatic rings. The molecular weight excluding hydrogens is 190 g/mol. The van der Waals surface area contributed by atoms with Gasteiger partial charge in [-0.05, 0) is 6.42 Å². The summed E-state index contributed by atoms with van der Waals surface area (Å²) < 4.78 is 0. The van der Waals surface area contributed by atoms with Crippen LogP contribution in [0.15, 0.2) is 0 Å². The molecule has 3 N–H and O–H groups in total. The lowest BCUT2D eigenvalue weighted by molar-refractivity contribution is -0.121. The molecule has 15 heavy (non-hydrogen) atoms. The van der Waals surface area contributed by atoms with Gasteiger partial charge in [-0.3, -0.25) is 4.79 Å². The second-order valence-electron chi connectivity index (χ2n) is 4.13. The maximum Gasteiger partial charge on any atom is 0.151 e. The molecule has 0 amide bonds. The zero-order chi connectivity index (χ0) is 11.5. The van der Waals surface area contributed by atoms with Crippen LogP contribution in [0.1, 0.15) is 58.3 Å². The van der Waals surface area contributed by atoms with Crippen LogP contribution >= 0.6 is 0 Å². The molecule has 0 rings (SSSR count). The Hall–Kier alpha value is -0.410. The molecule has 0 radical (unpaired) electrons. The molecule has 0 aliphatic rings. The first-order valence-corrected chi connectivity index (χ1v) is 6.11. The normalized spacial score (nSPS) is 12.7. The summed E-state index contributed by atoms with van der Waals surface area (Å²) in [6.45, 7) is 1.98. The van der Waals surface area contributed by atoms with Crippen molar-refractivity contribution in [3.8, 4) is 0 Å². The zero-order valence-corrected chi connectivity index (χ0v) is 9.87. The van der Waals surface area contributed by atoms with Crippen molar-refractivity contribution in [2.24, 2.45) is 5.73 Å². The number of hydrogen-bond acceptors (Lipinski definition) is 3. The summed E-state index contributed by atoms with van der Waals surface area (Å²) in [5.74, 6) is -0.00828. The summed E-state index contributed by atoms with van der Waals surface area (Å²) in [4.78, 5) is 11.2. The first-order valence-electron chi connectivity index (χ1n) is 6.11. The SMILES string of the molecule is CCCCCCCCCC(=O)[C@@H](N)CO. The number of ketones is 1. The van der Waals surface area contributed by atoms with Gasteiger partial charge in [-0.2, -0.15) is 0 Å². The summed E-state index contributed by atoms with van der Waals surface area (Å²) in [6.07, 6.45) is 8.91. The average Bonchev–Trinajstić information content (AvgIpc) is 2.26. The number of nitrogens with two attached hydrogens (primary N) is 1. The van der Waals surface area contributed by atoms with Gasteiger partial charge in [-0.25, -0.2) is 0 Å². The molecule has 0 aliphatic heterocycles. The number of aliphatic hydroxyl groups is 1. The lowest BCUT2D eigenvalue weighted by atomic mass is 10.0. The summed E-state index contributed by atoms with van der Waals surface area (Å²) in [5, 5.41) is 8.66. The Bertz CT molecular complexity index is 160. The fourth-order valence-corrected chi connectivity index (χ4v) is 1.54. The van der Waals surface area contributed by atoms with E-state index in [1.165, 1.54) is 32.1 Å². The van der Waals surface area contributed by atoms with E-state index in [4.69, 9.17) is 10.8 Å². The van der Waals surface area contributed by atoms with E-state index in [0.29, 0.717) is 6.42 Å². The van der Waals surface area contributed by atoms with E-state index in [9.17, 15) is 4.79 Å². The number of carbonyl (C=O) groups is 1. The summed E-state index contributed by atoms with van der Waals surface area (Å²) in [6, 6.07) is -0.662. The van der Waals surface area contributed by atoms with Crippen molar-refractivity contribution < 1.29 is 9.90 Å². The zero-order valence-electron chi connectivity index (χ0n) is 9.87. The fourth-order valence-electron chi connectivity index (χ4n) is 1.54. The Morgan fingerprint density at radius 2 is 1.67 bits per heavy atom. The number of carbonyl (C=O) groups excluding carboxylic acids is 1. The molecule has 3 heteroatoms. The summed E-state index contributed by atoms with van der Waals surface area (Å²) in [5.41, 5.74) is 5.40. The fraction of sp³-hybridized carbons (Fsp3) is 0.917. The number of rotatable bonds is 10. The van der Waals surface area contributed by atoms with Gasteiger partial charge >= 0.3 is 0 Å². The third-order valence-electron chi connectivity index (χ3n) is 2.64. The van der Waals surface area contributed by atoms with Gasteiger partial charge in [0.2, 0.25) is 0 Å². The topological polar surface area (TPSA) is 63.3 Å². The quantitative estimate of drug-likeness (QED) is 0.548. The molecule has 0 saturated carbocycles. The van der Waals surface area contributed by atoms with E-state index in [2.05, 4.69) is 6.92 Å². The average molecular weight is 215 g/mol. The molecule has 0 aliphatic carbocycles. The van der Waals surface area contributed by atoms with Crippen molar-refractivity contribution in [1.29, 1.82) is 0 Å². The lowest BCUT2D eigenvalue weighted by Crippen LogP contribution is -2.33. The van der Waals surface area contributed by atoms with E-state index < -0.39 is 6.04 Å². The minimum atomic E-state index is -0.662. The minimum absolute atomic E-state index is 0.00828. The maximum absolute atomic E-state index is 11.2. The lowest BCUT2D eigenvalue weighted by Gasteiger charge is -2.06. The van der Waals surface area contributed by atoms with E-state index in [1.54, 1.807) is 0 Å². The molecule has 0 heterocycles. The number of hydrogen-bond donors (Lipinski definition) is 2. The van der Waals surface area contributed by atoms with Crippen molar-refractivity contribution in [3.63, 3.8) is 0 Å². The van der Waals surface area contributed by atoms with Crippen LogP contribution in [0.25, 0.3) is 0 Å². The van der Waals surface area contributed by atoms with Crippen LogP contribution in [0, 0.1) is 0 Å². The molecule has 0 saturated heterocycles. The highest BCUT2D eigenvalue weighted by atomic mass is 16.3. The Labute approximate surface area is 93.0 Å². The highest BCUT2D eigenvalue weighted by Crippen LogP contribution is 2.08. The molecule has 0 bridgehead atoms. The number of aliphatic hydroxyl groups excluding tert-OH is 1. The van der Waals surface area contributed by atoms with Gasteiger partial charge in [0.05, 0.1) is 12.6 Å². The molecule has 0 aromatic carbocycles. The monoisotopic (exact) mass is 215 g/mol. The maximum atomic E-state index is 11.2. The van der Waals surface area contributed by atoms with Gasteiger partial charge in [0.15, 0.2) is 5.78 Å². The van der Waals surface area contributed by atoms with Gasteiger partial charge in [-0.15, -0.1) is 0 Å². The van der Waals surface area contributed by atoms with Gasteiger partial charge in [0.25, 0.3) is 0 Å². The Morgan fingerprint density at radius 1 is 1.13 bits per heavy atom. The minimum Gasteiger partial charge on any atom is -0.394 e. The summed E-state index contributed by atoms with van der Waals surface area (Å²) in [7, 11) is 0. The third kappa shape index (κ3) is 8.58. The molecule has 0 fully saturated rings. The second-order valence-corrected chi connectivity index (χ2v) is 4.13. The van der Waals surface area contributed by atoms with Crippen molar-refractivity contribution >= 4 is 5.78 Å². The molecule has 0 spiro atoms. The Balaban J connectivity index is 3.20. The highest BCUT2D eigenvalue weighted by Gasteiger charge is 2.10. The van der Waals surface area contributed by atoms with Crippen LogP contribution < -0.4 is 5.73 Å². The second kappa shape index (κ2) is 10.1. The van der Waals surface area contributed by atoms with Crippen LogP contribution in [-0.2, 0) is 4.79 Å². The molecule has 3 nitrogen and oxygen atoms in total. The van der Waals surface area contributed by atoms with E-state index >= 15 is 0 Å². The predicted octanol–water partition coefficient (Wildman–Crippen LogP) is 2.02. The van der Waals surface area contributed by atoms with Gasteiger partial charge in [0.1, 0.15) is 0 Å². The number of unbranched alkanes of at least 4 members (excludes halogenated alkanes) is 6. The predicted molar refractivity (Wildman–Crippen MR) is 62.7 cm³/mol.